The van der Waals surface area contributed by atoms with Gasteiger partial charge in [-0.3, -0.25) is 4.79 Å². The van der Waals surface area contributed by atoms with E-state index >= 15 is 0 Å². The van der Waals surface area contributed by atoms with Gasteiger partial charge in [-0.05, 0) is 41.5 Å². The second-order valence-electron chi connectivity index (χ2n) is 7.54. The Morgan fingerprint density at radius 1 is 1.14 bits per heavy atom. The van der Waals surface area contributed by atoms with E-state index in [0.29, 0.717) is 12.3 Å². The Labute approximate surface area is 178 Å². The number of amides is 1. The summed E-state index contributed by atoms with van der Waals surface area (Å²) in [6.45, 7) is 2.77. The fraction of sp³-hybridized carbons (Fsp3) is 0.375. The summed E-state index contributed by atoms with van der Waals surface area (Å²) in [6, 6.07) is 17.0. The summed E-state index contributed by atoms with van der Waals surface area (Å²) in [5, 5.41) is 4.37. The number of nitrogens with one attached hydrogen (secondary N) is 2. The molecule has 1 aromatic heterocycles. The van der Waals surface area contributed by atoms with Crippen LogP contribution in [0.5, 0.6) is 0 Å². The molecule has 3 aromatic rings. The van der Waals surface area contributed by atoms with Crippen molar-refractivity contribution in [1.29, 1.82) is 0 Å². The van der Waals surface area contributed by atoms with Gasteiger partial charge in [-0.1, -0.05) is 43.7 Å². The third-order valence-electron chi connectivity index (χ3n) is 5.19. The van der Waals surface area contributed by atoms with E-state index in [-0.39, 0.29) is 11.8 Å². The number of anilines is 1. The first-order valence-corrected chi connectivity index (χ1v) is 11.4. The first-order valence-electron chi connectivity index (χ1n) is 10.3. The lowest BCUT2D eigenvalue weighted by molar-refractivity contribution is -0.118. The van der Waals surface area contributed by atoms with Gasteiger partial charge in [-0.2, -0.15) is 11.8 Å². The number of hydrogen-bond acceptors (Lipinski definition) is 3. The van der Waals surface area contributed by atoms with Crippen molar-refractivity contribution in [3.63, 3.8) is 0 Å². The van der Waals surface area contributed by atoms with Crippen LogP contribution in [0.1, 0.15) is 36.8 Å². The summed E-state index contributed by atoms with van der Waals surface area (Å²) in [5.74, 6) is 1.79. The van der Waals surface area contributed by atoms with Gasteiger partial charge in [-0.25, -0.2) is 0 Å². The highest BCUT2D eigenvalue weighted by Crippen LogP contribution is 2.31. The third-order valence-corrected chi connectivity index (χ3v) is 6.23. The minimum atomic E-state index is 0.104. The number of hydrogen-bond donors (Lipinski definition) is 2. The zero-order valence-electron chi connectivity index (χ0n) is 17.6. The first-order chi connectivity index (χ1) is 14.1. The maximum Gasteiger partial charge on any atom is 0.230 e. The molecule has 5 heteroatoms. The topological polar surface area (TPSA) is 48.1 Å². The Hall–Kier alpha value is -2.40. The van der Waals surface area contributed by atoms with Crippen LogP contribution in [0.2, 0.25) is 0 Å². The van der Waals surface area contributed by atoms with E-state index < -0.39 is 0 Å². The summed E-state index contributed by atoms with van der Waals surface area (Å²) in [5.41, 5.74) is 4.72. The average molecular weight is 410 g/mol. The molecule has 0 spiro atoms. The molecule has 0 aliphatic rings. The maximum absolute atomic E-state index is 12.4. The fourth-order valence-electron chi connectivity index (χ4n) is 3.47. The number of fused-ring (bicyclic) bond motifs is 1. The van der Waals surface area contributed by atoms with Crippen LogP contribution in [0.3, 0.4) is 0 Å². The van der Waals surface area contributed by atoms with Crippen molar-refractivity contribution in [2.45, 2.75) is 25.7 Å². The predicted molar refractivity (Wildman–Crippen MR) is 126 cm³/mol. The van der Waals surface area contributed by atoms with Gasteiger partial charge >= 0.3 is 0 Å². The minimum Gasteiger partial charge on any atom is -0.378 e. The molecule has 1 unspecified atom stereocenters. The first kappa shape index (κ1) is 21.3. The molecule has 0 bridgehead atoms. The minimum absolute atomic E-state index is 0.104. The molecule has 1 atom stereocenters. The zero-order chi connectivity index (χ0) is 20.6. The average Bonchev–Trinajstić information content (AvgIpc) is 3.16. The van der Waals surface area contributed by atoms with Crippen LogP contribution in [-0.4, -0.2) is 43.0 Å². The van der Waals surface area contributed by atoms with Crippen molar-refractivity contribution >= 4 is 34.3 Å². The van der Waals surface area contributed by atoms with E-state index in [9.17, 15) is 4.79 Å². The lowest BCUT2D eigenvalue weighted by Crippen LogP contribution is -2.30. The highest BCUT2D eigenvalue weighted by Gasteiger charge is 2.19. The van der Waals surface area contributed by atoms with Gasteiger partial charge in [0.25, 0.3) is 0 Å². The van der Waals surface area contributed by atoms with Gasteiger partial charge < -0.3 is 15.2 Å². The molecule has 1 heterocycles. The number of para-hydroxylation sites is 1. The van der Waals surface area contributed by atoms with E-state index in [1.54, 1.807) is 11.8 Å². The highest BCUT2D eigenvalue weighted by atomic mass is 32.2. The van der Waals surface area contributed by atoms with Crippen LogP contribution in [0.15, 0.2) is 54.7 Å². The van der Waals surface area contributed by atoms with Crippen LogP contribution < -0.4 is 10.2 Å². The Kier molecular flexibility index (Phi) is 7.64. The van der Waals surface area contributed by atoms with Crippen LogP contribution in [0, 0.1) is 0 Å². The highest BCUT2D eigenvalue weighted by molar-refractivity contribution is 7.99. The molecule has 3 rings (SSSR count). The largest absolute Gasteiger partial charge is 0.378 e. The number of carbonyl (C=O) groups is 1. The quantitative estimate of drug-likeness (QED) is 0.463. The molecule has 0 aliphatic heterocycles. The number of carbonyl (C=O) groups excluding carboxylic acids is 1. The molecular weight excluding hydrogens is 378 g/mol. The Morgan fingerprint density at radius 3 is 2.62 bits per heavy atom. The predicted octanol–water partition coefficient (Wildman–Crippen LogP) is 5.02. The van der Waals surface area contributed by atoms with E-state index in [1.165, 1.54) is 28.6 Å². The molecular formula is C24H31N3OS. The number of rotatable bonds is 10. The molecule has 2 aromatic carbocycles. The van der Waals surface area contributed by atoms with Crippen molar-refractivity contribution in [2.24, 2.45) is 0 Å². The van der Waals surface area contributed by atoms with Gasteiger partial charge in [0.15, 0.2) is 0 Å². The molecule has 0 fully saturated rings. The molecule has 154 valence electrons. The number of benzene rings is 2. The van der Waals surface area contributed by atoms with Crippen molar-refractivity contribution in [3.05, 3.63) is 65.9 Å². The number of aromatic amines is 1. The van der Waals surface area contributed by atoms with E-state index in [4.69, 9.17) is 0 Å². The summed E-state index contributed by atoms with van der Waals surface area (Å²) in [7, 11) is 4.09. The number of unbranched alkanes of at least 4 members (excludes halogenated alkanes) is 1. The number of thioether (sulfide) groups is 1. The van der Waals surface area contributed by atoms with Gasteiger partial charge in [0.1, 0.15) is 0 Å². The summed E-state index contributed by atoms with van der Waals surface area (Å²) in [6.07, 6.45) is 4.41. The van der Waals surface area contributed by atoms with Crippen molar-refractivity contribution in [2.75, 3.05) is 37.0 Å². The van der Waals surface area contributed by atoms with E-state index in [2.05, 4.69) is 70.8 Å². The normalized spacial score (nSPS) is 12.1. The van der Waals surface area contributed by atoms with Crippen molar-refractivity contribution in [1.82, 2.24) is 10.3 Å². The molecule has 0 saturated carbocycles. The molecule has 0 saturated heterocycles. The number of H-pyrrole nitrogens is 1. The summed E-state index contributed by atoms with van der Waals surface area (Å²) < 4.78 is 0. The molecule has 4 nitrogen and oxygen atoms in total. The van der Waals surface area contributed by atoms with Crippen LogP contribution in [0.4, 0.5) is 5.69 Å². The lowest BCUT2D eigenvalue weighted by Gasteiger charge is -2.20. The molecule has 0 aliphatic carbocycles. The van der Waals surface area contributed by atoms with Crippen molar-refractivity contribution < 1.29 is 4.79 Å². The molecule has 1 amide bonds. The molecule has 2 N–H and O–H groups in total. The van der Waals surface area contributed by atoms with Crippen LogP contribution in [-0.2, 0) is 4.79 Å². The zero-order valence-corrected chi connectivity index (χ0v) is 18.4. The van der Waals surface area contributed by atoms with Crippen molar-refractivity contribution in [3.8, 4) is 0 Å². The van der Waals surface area contributed by atoms with Gasteiger partial charge in [0, 0.05) is 49.3 Å². The SMILES string of the molecule is CCCCSCC(=O)NCC(c1ccc(N(C)C)cc1)c1c[nH]c2ccccc12. The van der Waals surface area contributed by atoms with Crippen LogP contribution >= 0.6 is 11.8 Å². The smallest absolute Gasteiger partial charge is 0.230 e. The second-order valence-corrected chi connectivity index (χ2v) is 8.64. The Morgan fingerprint density at radius 2 is 1.90 bits per heavy atom. The lowest BCUT2D eigenvalue weighted by atomic mass is 9.90. The van der Waals surface area contributed by atoms with E-state index in [0.717, 1.165) is 17.7 Å². The fourth-order valence-corrected chi connectivity index (χ4v) is 4.40. The number of aromatic nitrogens is 1. The Balaban J connectivity index is 1.79. The molecule has 0 radical (unpaired) electrons. The maximum atomic E-state index is 12.4. The molecule has 29 heavy (non-hydrogen) atoms. The third kappa shape index (κ3) is 5.57. The second kappa shape index (κ2) is 10.4. The van der Waals surface area contributed by atoms with Gasteiger partial charge in [0.05, 0.1) is 5.75 Å². The van der Waals surface area contributed by atoms with Crippen LogP contribution in [0.25, 0.3) is 10.9 Å². The summed E-state index contributed by atoms with van der Waals surface area (Å²) >= 11 is 1.71. The summed E-state index contributed by atoms with van der Waals surface area (Å²) in [4.78, 5) is 17.8. The Bertz CT molecular complexity index is 917. The van der Waals surface area contributed by atoms with Gasteiger partial charge in [0.2, 0.25) is 5.91 Å². The monoisotopic (exact) mass is 409 g/mol. The van der Waals surface area contributed by atoms with Gasteiger partial charge in [-0.15, -0.1) is 0 Å². The number of nitrogens with zero attached hydrogens (tertiary/aromatic N) is 1. The standard InChI is InChI=1S/C24H31N3OS/c1-4-5-14-29-17-24(28)26-15-21(18-10-12-19(13-11-18)27(2)3)22-16-25-23-9-7-6-8-20(22)23/h6-13,16,21,25H,4-5,14-15,17H2,1-3H3,(H,26,28). The van der Waals surface area contributed by atoms with E-state index in [1.807, 2.05) is 20.2 Å².